The van der Waals surface area contributed by atoms with Crippen molar-refractivity contribution in [2.24, 2.45) is 0 Å². The number of benzene rings is 1. The minimum absolute atomic E-state index is 0.117. The van der Waals surface area contributed by atoms with Crippen LogP contribution in [-0.4, -0.2) is 75.6 Å². The van der Waals surface area contributed by atoms with Crippen LogP contribution in [0.1, 0.15) is 28.4 Å². The van der Waals surface area contributed by atoms with Crippen LogP contribution in [0, 0.1) is 28.4 Å². The molecule has 2 heterocycles. The number of rotatable bonds is 13. The van der Waals surface area contributed by atoms with Crippen LogP contribution in [0.15, 0.2) is 17.0 Å². The zero-order valence-electron chi connectivity index (χ0n) is 21.2. The SMILES string of the molecule is CCN1C(=O)c2cc([N+](=O)[O-])c(NNc3c(NCCOC)nc(NCCOC)c(C#N)c3C)cc2S1(=O)=O. The molecule has 1 amide bonds. The normalized spacial score (nSPS) is 13.6. The van der Waals surface area contributed by atoms with E-state index in [1.165, 1.54) is 14.0 Å². The molecule has 204 valence electrons. The van der Waals surface area contributed by atoms with E-state index in [4.69, 9.17) is 9.47 Å². The maximum absolute atomic E-state index is 12.8. The number of anilines is 4. The second kappa shape index (κ2) is 11.9. The van der Waals surface area contributed by atoms with Gasteiger partial charge in [0.15, 0.2) is 5.82 Å². The van der Waals surface area contributed by atoms with E-state index in [0.29, 0.717) is 53.5 Å². The van der Waals surface area contributed by atoms with Crippen molar-refractivity contribution in [1.82, 2.24) is 9.29 Å². The maximum Gasteiger partial charge on any atom is 0.294 e. The van der Waals surface area contributed by atoms with E-state index in [9.17, 15) is 28.6 Å². The summed E-state index contributed by atoms with van der Waals surface area (Å²) < 4.78 is 36.4. The number of methoxy groups -OCH3 is 2. The Morgan fingerprint density at radius 1 is 1.13 bits per heavy atom. The van der Waals surface area contributed by atoms with Crippen molar-refractivity contribution in [2.75, 3.05) is 68.6 Å². The van der Waals surface area contributed by atoms with Gasteiger partial charge in [0.1, 0.15) is 28.2 Å². The molecule has 1 aliphatic rings. The quantitative estimate of drug-likeness (QED) is 0.161. The van der Waals surface area contributed by atoms with Crippen molar-refractivity contribution >= 4 is 44.6 Å². The second-order valence-corrected chi connectivity index (χ2v) is 9.81. The molecule has 1 aromatic heterocycles. The molecule has 1 aliphatic heterocycles. The molecular formula is C22H28N8O7S. The first-order valence-electron chi connectivity index (χ1n) is 11.4. The van der Waals surface area contributed by atoms with Crippen LogP contribution in [0.3, 0.4) is 0 Å². The average molecular weight is 549 g/mol. The fourth-order valence-corrected chi connectivity index (χ4v) is 5.38. The third kappa shape index (κ3) is 5.39. The van der Waals surface area contributed by atoms with Gasteiger partial charge in [-0.15, -0.1) is 0 Å². The molecule has 0 bridgehead atoms. The number of carbonyl (C=O) groups excluding carboxylic acids is 1. The van der Waals surface area contributed by atoms with Gasteiger partial charge in [-0.05, 0) is 25.5 Å². The number of pyridine rings is 1. The molecular weight excluding hydrogens is 520 g/mol. The zero-order valence-corrected chi connectivity index (χ0v) is 22.1. The molecule has 3 rings (SSSR count). The molecule has 16 heteroatoms. The Bertz CT molecular complexity index is 1390. The van der Waals surface area contributed by atoms with Crippen LogP contribution in [0.25, 0.3) is 0 Å². The highest BCUT2D eigenvalue weighted by molar-refractivity contribution is 7.90. The summed E-state index contributed by atoms with van der Waals surface area (Å²) in [6.45, 7) is 4.50. The van der Waals surface area contributed by atoms with Gasteiger partial charge in [0.25, 0.3) is 21.6 Å². The highest BCUT2D eigenvalue weighted by Gasteiger charge is 2.42. The standard InChI is InChI=1S/C22H28N8O7S/c1-5-29-22(31)14-10-17(30(32)33)16(11-18(14)38(29,34)35)27-28-19-13(2)15(12-23)20(24-6-8-36-3)26-21(19)25-7-9-37-4/h10-11,27-28H,5-9H2,1-4H3,(H2,24,25,26). The Morgan fingerprint density at radius 3 is 2.32 bits per heavy atom. The van der Waals surface area contributed by atoms with E-state index in [-0.39, 0.29) is 28.3 Å². The minimum Gasteiger partial charge on any atom is -0.383 e. The van der Waals surface area contributed by atoms with Gasteiger partial charge in [-0.3, -0.25) is 25.8 Å². The van der Waals surface area contributed by atoms with E-state index in [0.717, 1.165) is 12.1 Å². The van der Waals surface area contributed by atoms with Crippen molar-refractivity contribution in [3.05, 3.63) is 38.9 Å². The third-order valence-corrected chi connectivity index (χ3v) is 7.58. The van der Waals surface area contributed by atoms with Crippen LogP contribution in [0.4, 0.5) is 28.7 Å². The maximum atomic E-state index is 12.8. The van der Waals surface area contributed by atoms with Crippen LogP contribution in [0.2, 0.25) is 0 Å². The number of nitrogens with one attached hydrogen (secondary N) is 4. The van der Waals surface area contributed by atoms with Gasteiger partial charge >= 0.3 is 0 Å². The highest BCUT2D eigenvalue weighted by Crippen LogP contribution is 2.38. The Hall–Kier alpha value is -4.20. The van der Waals surface area contributed by atoms with Gasteiger partial charge in [-0.25, -0.2) is 17.7 Å². The molecule has 2 aromatic rings. The third-order valence-electron chi connectivity index (χ3n) is 5.69. The lowest BCUT2D eigenvalue weighted by Crippen LogP contribution is -2.29. The number of nitrogens with zero attached hydrogens (tertiary/aromatic N) is 4. The summed E-state index contributed by atoms with van der Waals surface area (Å²) in [5.74, 6) is -0.222. The molecule has 0 atom stereocenters. The molecule has 38 heavy (non-hydrogen) atoms. The largest absolute Gasteiger partial charge is 0.383 e. The first-order valence-corrected chi connectivity index (χ1v) is 12.9. The lowest BCUT2D eigenvalue weighted by Gasteiger charge is -2.20. The van der Waals surface area contributed by atoms with Crippen molar-refractivity contribution in [1.29, 1.82) is 5.26 Å². The number of nitro benzene ring substituents is 1. The monoisotopic (exact) mass is 548 g/mol. The Kier molecular flexibility index (Phi) is 8.88. The Labute approximate surface area is 219 Å². The van der Waals surface area contributed by atoms with Gasteiger partial charge in [0, 0.05) is 39.9 Å². The Morgan fingerprint density at radius 2 is 1.76 bits per heavy atom. The molecule has 0 spiro atoms. The predicted molar refractivity (Wildman–Crippen MR) is 139 cm³/mol. The summed E-state index contributed by atoms with van der Waals surface area (Å²) in [4.78, 5) is 27.7. The minimum atomic E-state index is -4.16. The van der Waals surface area contributed by atoms with E-state index in [1.807, 2.05) is 0 Å². The molecule has 15 nitrogen and oxygen atoms in total. The summed E-state index contributed by atoms with van der Waals surface area (Å²) in [5.41, 5.74) is 5.47. The van der Waals surface area contributed by atoms with E-state index < -0.39 is 26.5 Å². The van der Waals surface area contributed by atoms with Crippen molar-refractivity contribution in [3.63, 3.8) is 0 Å². The topological polar surface area (TPSA) is 201 Å². The summed E-state index contributed by atoms with van der Waals surface area (Å²) >= 11 is 0. The fourth-order valence-electron chi connectivity index (χ4n) is 3.80. The van der Waals surface area contributed by atoms with Crippen molar-refractivity contribution < 1.29 is 27.6 Å². The number of fused-ring (bicyclic) bond motifs is 1. The second-order valence-electron chi connectivity index (χ2n) is 7.98. The average Bonchev–Trinajstić information content (AvgIpc) is 3.07. The number of carbonyl (C=O) groups is 1. The molecule has 0 saturated heterocycles. The number of nitriles is 1. The molecule has 0 aliphatic carbocycles. The highest BCUT2D eigenvalue weighted by atomic mass is 32.2. The number of hydrogen-bond acceptors (Lipinski definition) is 13. The summed E-state index contributed by atoms with van der Waals surface area (Å²) in [5, 5.41) is 27.7. The van der Waals surface area contributed by atoms with Crippen LogP contribution in [-0.2, 0) is 19.5 Å². The smallest absolute Gasteiger partial charge is 0.294 e. The lowest BCUT2D eigenvalue weighted by molar-refractivity contribution is -0.384. The number of sulfonamides is 1. The number of hydrogen-bond donors (Lipinski definition) is 4. The van der Waals surface area contributed by atoms with E-state index >= 15 is 0 Å². The number of aromatic nitrogens is 1. The first-order chi connectivity index (χ1) is 18.1. The number of amides is 1. The predicted octanol–water partition coefficient (Wildman–Crippen LogP) is 1.89. The molecule has 0 unspecified atom stereocenters. The van der Waals surface area contributed by atoms with E-state index in [2.05, 4.69) is 32.5 Å². The summed E-state index contributed by atoms with van der Waals surface area (Å²) in [6, 6.07) is 4.07. The fraction of sp³-hybridized carbons (Fsp3) is 0.409. The van der Waals surface area contributed by atoms with Gasteiger partial charge in [0.05, 0.1) is 29.3 Å². The molecule has 0 saturated carbocycles. The van der Waals surface area contributed by atoms with Crippen LogP contribution >= 0.6 is 0 Å². The summed E-state index contributed by atoms with van der Waals surface area (Å²) in [6.07, 6.45) is 0. The molecule has 0 fully saturated rings. The van der Waals surface area contributed by atoms with Crippen molar-refractivity contribution in [3.8, 4) is 6.07 Å². The van der Waals surface area contributed by atoms with Gasteiger partial charge in [0.2, 0.25) is 0 Å². The molecule has 0 radical (unpaired) electrons. The Balaban J connectivity index is 2.05. The van der Waals surface area contributed by atoms with Gasteiger partial charge in [-0.1, -0.05) is 0 Å². The summed E-state index contributed by atoms with van der Waals surface area (Å²) in [7, 11) is -1.09. The van der Waals surface area contributed by atoms with Crippen LogP contribution < -0.4 is 21.5 Å². The van der Waals surface area contributed by atoms with Crippen molar-refractivity contribution in [2.45, 2.75) is 18.7 Å². The van der Waals surface area contributed by atoms with Gasteiger partial charge in [-0.2, -0.15) is 5.26 Å². The number of hydrazine groups is 1. The van der Waals surface area contributed by atoms with E-state index in [1.54, 1.807) is 14.0 Å². The van der Waals surface area contributed by atoms with Crippen LogP contribution in [0.5, 0.6) is 0 Å². The number of nitro groups is 1. The number of ether oxygens (including phenoxy) is 2. The zero-order chi connectivity index (χ0) is 28.0. The first kappa shape index (κ1) is 28.4. The van der Waals surface area contributed by atoms with Gasteiger partial charge < -0.3 is 20.1 Å². The molecule has 4 N–H and O–H groups in total. The molecule has 1 aromatic carbocycles. The lowest BCUT2D eigenvalue weighted by atomic mass is 10.1.